The molecule has 0 heterocycles. The molecule has 0 spiro atoms. The normalized spacial score (nSPS) is 10.6. The third-order valence-electron chi connectivity index (χ3n) is 2.84. The van der Waals surface area contributed by atoms with Crippen LogP contribution < -0.4 is 10.2 Å². The van der Waals surface area contributed by atoms with Gasteiger partial charge in [0.2, 0.25) is 6.41 Å². The molecule has 1 aromatic rings. The molecule has 5 nitrogen and oxygen atoms in total. The Kier molecular flexibility index (Phi) is 7.82. The van der Waals surface area contributed by atoms with E-state index in [4.69, 9.17) is 4.74 Å². The maximum Gasteiger partial charge on any atom is 0.330 e. The minimum absolute atomic E-state index is 0.341. The highest BCUT2D eigenvalue weighted by molar-refractivity contribution is 5.90. The number of anilines is 1. The molecule has 0 saturated heterocycles. The Morgan fingerprint density at radius 1 is 1.33 bits per heavy atom. The van der Waals surface area contributed by atoms with Gasteiger partial charge in [-0.1, -0.05) is 25.1 Å². The summed E-state index contributed by atoms with van der Waals surface area (Å²) in [6.45, 7) is 6.26. The SMILES string of the molecule is CCNCCN(C=O)c1ccccc1/C=C/C(=O)OCC. The van der Waals surface area contributed by atoms with E-state index in [1.54, 1.807) is 17.9 Å². The van der Waals surface area contributed by atoms with Crippen molar-refractivity contribution in [2.45, 2.75) is 13.8 Å². The van der Waals surface area contributed by atoms with E-state index in [9.17, 15) is 9.59 Å². The molecule has 0 unspecified atom stereocenters. The molecule has 0 aliphatic carbocycles. The number of hydrogen-bond donors (Lipinski definition) is 1. The van der Waals surface area contributed by atoms with Crippen molar-refractivity contribution in [3.8, 4) is 0 Å². The Labute approximate surface area is 125 Å². The molecule has 21 heavy (non-hydrogen) atoms. The number of rotatable bonds is 9. The van der Waals surface area contributed by atoms with Crippen molar-refractivity contribution in [2.24, 2.45) is 0 Å². The van der Waals surface area contributed by atoms with Crippen LogP contribution in [0.25, 0.3) is 6.08 Å². The molecule has 0 aliphatic rings. The zero-order valence-electron chi connectivity index (χ0n) is 12.5. The number of amides is 1. The predicted molar refractivity (Wildman–Crippen MR) is 84.1 cm³/mol. The summed E-state index contributed by atoms with van der Waals surface area (Å²) in [6, 6.07) is 7.43. The highest BCUT2D eigenvalue weighted by Crippen LogP contribution is 2.20. The molecule has 0 aromatic heterocycles. The van der Waals surface area contributed by atoms with Gasteiger partial charge in [0.25, 0.3) is 0 Å². The third-order valence-corrected chi connectivity index (χ3v) is 2.84. The van der Waals surface area contributed by atoms with E-state index < -0.39 is 5.97 Å². The molecular formula is C16H22N2O3. The van der Waals surface area contributed by atoms with Crippen LogP contribution in [0.2, 0.25) is 0 Å². The van der Waals surface area contributed by atoms with Crippen LogP contribution in [0, 0.1) is 0 Å². The fourth-order valence-corrected chi connectivity index (χ4v) is 1.84. The summed E-state index contributed by atoms with van der Waals surface area (Å²) in [6.07, 6.45) is 3.83. The molecule has 0 fully saturated rings. The van der Waals surface area contributed by atoms with Gasteiger partial charge in [-0.15, -0.1) is 0 Å². The van der Waals surface area contributed by atoms with Crippen molar-refractivity contribution in [2.75, 3.05) is 31.1 Å². The largest absolute Gasteiger partial charge is 0.463 e. The lowest BCUT2D eigenvalue weighted by Gasteiger charge is -2.19. The maximum atomic E-state index is 11.4. The molecule has 1 N–H and O–H groups in total. The number of carbonyl (C=O) groups excluding carboxylic acids is 2. The quantitative estimate of drug-likeness (QED) is 0.326. The van der Waals surface area contributed by atoms with E-state index in [-0.39, 0.29) is 0 Å². The van der Waals surface area contributed by atoms with E-state index in [1.807, 2.05) is 31.2 Å². The molecule has 1 rings (SSSR count). The summed E-state index contributed by atoms with van der Waals surface area (Å²) < 4.78 is 4.85. The zero-order valence-corrected chi connectivity index (χ0v) is 12.5. The van der Waals surface area contributed by atoms with Crippen molar-refractivity contribution in [3.05, 3.63) is 35.9 Å². The molecule has 0 atom stereocenters. The number of likely N-dealkylation sites (N-methyl/N-ethyl adjacent to an activating group) is 1. The van der Waals surface area contributed by atoms with E-state index in [1.165, 1.54) is 6.08 Å². The first kappa shape index (κ1) is 16.9. The second kappa shape index (κ2) is 9.72. The Hall–Kier alpha value is -2.14. The van der Waals surface area contributed by atoms with Crippen molar-refractivity contribution in [1.29, 1.82) is 0 Å². The number of benzene rings is 1. The van der Waals surface area contributed by atoms with Gasteiger partial charge in [0, 0.05) is 19.2 Å². The van der Waals surface area contributed by atoms with Crippen LogP contribution in [0.3, 0.4) is 0 Å². The van der Waals surface area contributed by atoms with Crippen LogP contribution in [-0.4, -0.2) is 38.6 Å². The smallest absolute Gasteiger partial charge is 0.330 e. The lowest BCUT2D eigenvalue weighted by atomic mass is 10.1. The van der Waals surface area contributed by atoms with E-state index in [0.717, 1.165) is 24.2 Å². The Bertz CT molecular complexity index is 486. The second-order valence-electron chi connectivity index (χ2n) is 4.30. The standard InChI is InChI=1S/C16H22N2O3/c1-3-17-11-12-18(13-19)15-8-6-5-7-14(15)9-10-16(20)21-4-2/h5-10,13,17H,3-4,11-12H2,1-2H3/b10-9+. The van der Waals surface area contributed by atoms with Crippen molar-refractivity contribution in [1.82, 2.24) is 5.32 Å². The Balaban J connectivity index is 2.86. The first-order valence-corrected chi connectivity index (χ1v) is 7.09. The monoisotopic (exact) mass is 290 g/mol. The second-order valence-corrected chi connectivity index (χ2v) is 4.30. The fraction of sp³-hybridized carbons (Fsp3) is 0.375. The van der Waals surface area contributed by atoms with Crippen LogP contribution in [-0.2, 0) is 14.3 Å². The van der Waals surface area contributed by atoms with Gasteiger partial charge in [0.1, 0.15) is 0 Å². The summed E-state index contributed by atoms with van der Waals surface area (Å²) in [5, 5.41) is 3.18. The van der Waals surface area contributed by atoms with Crippen molar-refractivity contribution in [3.63, 3.8) is 0 Å². The summed E-state index contributed by atoms with van der Waals surface area (Å²) in [5.74, 6) is -0.391. The van der Waals surface area contributed by atoms with Gasteiger partial charge in [-0.05, 0) is 31.2 Å². The number of nitrogens with zero attached hydrogens (tertiary/aromatic N) is 1. The predicted octanol–water partition coefficient (Wildman–Crippen LogP) is 1.84. The molecule has 0 saturated carbocycles. The summed E-state index contributed by atoms with van der Waals surface area (Å²) in [5.41, 5.74) is 1.57. The van der Waals surface area contributed by atoms with Gasteiger partial charge >= 0.3 is 5.97 Å². The van der Waals surface area contributed by atoms with Crippen LogP contribution in [0.1, 0.15) is 19.4 Å². The highest BCUT2D eigenvalue weighted by atomic mass is 16.5. The number of esters is 1. The minimum atomic E-state index is -0.391. The van der Waals surface area contributed by atoms with Crippen molar-refractivity contribution < 1.29 is 14.3 Å². The lowest BCUT2D eigenvalue weighted by molar-refractivity contribution is -0.137. The zero-order chi connectivity index (χ0) is 15.5. The average molecular weight is 290 g/mol. The molecule has 5 heteroatoms. The van der Waals surface area contributed by atoms with Crippen LogP contribution in [0.15, 0.2) is 30.3 Å². The first-order chi connectivity index (χ1) is 10.2. The average Bonchev–Trinajstić information content (AvgIpc) is 2.50. The van der Waals surface area contributed by atoms with Gasteiger partial charge in [0.15, 0.2) is 0 Å². The third kappa shape index (κ3) is 5.79. The van der Waals surface area contributed by atoms with E-state index in [2.05, 4.69) is 5.32 Å². The minimum Gasteiger partial charge on any atom is -0.463 e. The fourth-order valence-electron chi connectivity index (χ4n) is 1.84. The molecule has 0 aliphatic heterocycles. The van der Waals surface area contributed by atoms with E-state index in [0.29, 0.717) is 19.7 Å². The summed E-state index contributed by atoms with van der Waals surface area (Å²) >= 11 is 0. The number of ether oxygens (including phenoxy) is 1. The number of carbonyl (C=O) groups is 2. The van der Waals surface area contributed by atoms with Crippen LogP contribution in [0.4, 0.5) is 5.69 Å². The summed E-state index contributed by atoms with van der Waals surface area (Å²) in [7, 11) is 0. The molecule has 114 valence electrons. The number of hydrogen-bond acceptors (Lipinski definition) is 4. The Morgan fingerprint density at radius 2 is 2.10 bits per heavy atom. The Morgan fingerprint density at radius 3 is 2.76 bits per heavy atom. The molecule has 1 amide bonds. The van der Waals surface area contributed by atoms with Crippen LogP contribution >= 0.6 is 0 Å². The van der Waals surface area contributed by atoms with Gasteiger partial charge in [0.05, 0.1) is 12.3 Å². The van der Waals surface area contributed by atoms with Crippen molar-refractivity contribution >= 4 is 24.1 Å². The molecule has 1 aromatic carbocycles. The number of nitrogens with one attached hydrogen (secondary N) is 1. The molecule has 0 radical (unpaired) electrons. The lowest BCUT2D eigenvalue weighted by Crippen LogP contribution is -2.31. The van der Waals surface area contributed by atoms with Gasteiger partial charge in [-0.2, -0.15) is 0 Å². The maximum absolute atomic E-state index is 11.4. The van der Waals surface area contributed by atoms with Gasteiger partial charge in [-0.25, -0.2) is 4.79 Å². The first-order valence-electron chi connectivity index (χ1n) is 7.09. The topological polar surface area (TPSA) is 58.6 Å². The number of para-hydroxylation sites is 1. The van der Waals surface area contributed by atoms with E-state index >= 15 is 0 Å². The highest BCUT2D eigenvalue weighted by Gasteiger charge is 2.08. The van der Waals surface area contributed by atoms with Crippen LogP contribution in [0.5, 0.6) is 0 Å². The molecular weight excluding hydrogens is 268 g/mol. The van der Waals surface area contributed by atoms with Gasteiger partial charge in [-0.3, -0.25) is 4.79 Å². The van der Waals surface area contributed by atoms with Gasteiger partial charge < -0.3 is 15.0 Å². The summed E-state index contributed by atoms with van der Waals surface area (Å²) in [4.78, 5) is 24.3. The molecule has 0 bridgehead atoms.